The topological polar surface area (TPSA) is 88.9 Å². The fraction of sp³-hybridized carbons (Fsp3) is 0.0435. The third-order valence-electron chi connectivity index (χ3n) is 6.09. The monoisotopic (exact) mass is 658 g/mol. The molecule has 4 N–H and O–H groups in total. The van der Waals surface area contributed by atoms with Crippen LogP contribution in [0.3, 0.4) is 0 Å². The summed E-state index contributed by atoms with van der Waals surface area (Å²) in [6.07, 6.45) is 0. The lowest BCUT2D eigenvalue weighted by atomic mass is 9.76. The van der Waals surface area contributed by atoms with Crippen LogP contribution in [0.5, 0.6) is 0 Å². The number of rotatable bonds is 2. The highest BCUT2D eigenvalue weighted by atomic mass is 79.9. The largest absolute Gasteiger partial charge is 0.319 e. The Kier molecular flexibility index (Phi) is 5.58. The molecule has 172 valence electrons. The minimum atomic E-state index is -1.06. The molecule has 0 unspecified atom stereocenters. The molecule has 0 saturated carbocycles. The second-order valence-electron chi connectivity index (χ2n) is 7.96. The van der Waals surface area contributed by atoms with E-state index in [0.29, 0.717) is 21.2 Å². The first-order valence-corrected chi connectivity index (χ1v) is 13.5. The third kappa shape index (κ3) is 3.50. The summed E-state index contributed by atoms with van der Waals surface area (Å²) in [5.41, 5.74) is 2.90. The molecular formula is C23H12Br2N6S4. The van der Waals surface area contributed by atoms with E-state index >= 15 is 0 Å². The van der Waals surface area contributed by atoms with Gasteiger partial charge in [-0.2, -0.15) is 0 Å². The van der Waals surface area contributed by atoms with Crippen LogP contribution < -0.4 is 0 Å². The van der Waals surface area contributed by atoms with Crippen molar-refractivity contribution in [2.45, 2.75) is 5.41 Å². The smallest absolute Gasteiger partial charge is 0.200 e. The normalized spacial score (nSPS) is 13.5. The number of halogens is 2. The predicted molar refractivity (Wildman–Crippen MR) is 153 cm³/mol. The van der Waals surface area contributed by atoms with Crippen molar-refractivity contribution in [3.8, 4) is 11.1 Å². The highest BCUT2D eigenvalue weighted by Crippen LogP contribution is 2.57. The Morgan fingerprint density at radius 3 is 1.89 bits per heavy atom. The predicted octanol–water partition coefficient (Wildman–Crippen LogP) is 7.75. The Bertz CT molecular complexity index is 1810. The molecular weight excluding hydrogens is 648 g/mol. The summed E-state index contributed by atoms with van der Waals surface area (Å²) in [6, 6.07) is 16.5. The van der Waals surface area contributed by atoms with Crippen LogP contribution >= 0.6 is 80.7 Å². The van der Waals surface area contributed by atoms with Gasteiger partial charge in [0.15, 0.2) is 9.54 Å². The number of fused-ring (bicyclic) bond motifs is 5. The maximum absolute atomic E-state index is 5.49. The van der Waals surface area contributed by atoms with E-state index in [4.69, 9.17) is 58.8 Å². The summed E-state index contributed by atoms with van der Waals surface area (Å²) < 4.78 is 3.05. The van der Waals surface area contributed by atoms with E-state index in [1.54, 1.807) is 0 Å². The van der Waals surface area contributed by atoms with Gasteiger partial charge in [-0.25, -0.2) is 9.97 Å². The Morgan fingerprint density at radius 1 is 0.686 bits per heavy atom. The summed E-state index contributed by atoms with van der Waals surface area (Å²) >= 11 is 29.3. The molecule has 12 heteroatoms. The van der Waals surface area contributed by atoms with Gasteiger partial charge in [0.05, 0.1) is 0 Å². The van der Waals surface area contributed by atoms with Crippen molar-refractivity contribution in [1.29, 1.82) is 0 Å². The van der Waals surface area contributed by atoms with E-state index in [2.05, 4.69) is 82.1 Å². The molecule has 3 aromatic carbocycles. The van der Waals surface area contributed by atoms with Gasteiger partial charge < -0.3 is 19.9 Å². The maximum atomic E-state index is 5.49. The molecule has 0 bridgehead atoms. The van der Waals surface area contributed by atoms with Crippen LogP contribution in [0.25, 0.3) is 21.9 Å². The molecule has 1 aliphatic carbocycles. The van der Waals surface area contributed by atoms with E-state index in [-0.39, 0.29) is 9.54 Å². The number of aromatic nitrogens is 6. The van der Waals surface area contributed by atoms with Crippen LogP contribution in [0.15, 0.2) is 57.5 Å². The summed E-state index contributed by atoms with van der Waals surface area (Å²) in [5, 5.41) is 2.18. The minimum Gasteiger partial charge on any atom is -0.319 e. The summed E-state index contributed by atoms with van der Waals surface area (Å²) in [6.45, 7) is 0. The lowest BCUT2D eigenvalue weighted by molar-refractivity contribution is 0.625. The number of hydrogen-bond acceptors (Lipinski definition) is 6. The van der Waals surface area contributed by atoms with Crippen molar-refractivity contribution in [2.24, 2.45) is 0 Å². The van der Waals surface area contributed by atoms with Gasteiger partial charge in [-0.3, -0.25) is 0 Å². The number of nitrogens with zero attached hydrogens (tertiary/aromatic N) is 2. The summed E-state index contributed by atoms with van der Waals surface area (Å²) in [7, 11) is 0. The standard InChI is InChI=1S/C23H12Br2N6S4/c24-9-5-6-12-13(7-9)23(17-26-19(32)30-20(33)27-17,18-28-21(34)31-22(35)29-18)14-8-15(25)10-3-1-2-4-11(10)16(12)14/h1-8H,(H2,26,27,30,32,33)(H2,28,29,31,34,35). The number of aromatic amines is 4. The molecule has 0 atom stereocenters. The van der Waals surface area contributed by atoms with Crippen LogP contribution in [0, 0.1) is 19.1 Å². The van der Waals surface area contributed by atoms with Gasteiger partial charge >= 0.3 is 0 Å². The van der Waals surface area contributed by atoms with Crippen LogP contribution in [0.2, 0.25) is 0 Å². The first kappa shape index (κ1) is 23.2. The van der Waals surface area contributed by atoms with Crippen LogP contribution in [-0.4, -0.2) is 29.9 Å². The quantitative estimate of drug-likeness (QED) is 0.142. The molecule has 2 aromatic heterocycles. The minimum absolute atomic E-state index is 0.257. The van der Waals surface area contributed by atoms with E-state index in [1.165, 1.54) is 0 Å². The second-order valence-corrected chi connectivity index (χ2v) is 11.3. The lowest BCUT2D eigenvalue weighted by Crippen LogP contribution is -2.34. The van der Waals surface area contributed by atoms with E-state index in [9.17, 15) is 0 Å². The van der Waals surface area contributed by atoms with Gasteiger partial charge in [-0.05, 0) is 100 Å². The Balaban J connectivity index is 1.94. The molecule has 6 nitrogen and oxygen atoms in total. The number of benzene rings is 3. The van der Waals surface area contributed by atoms with Gasteiger partial charge in [0.2, 0.25) is 9.54 Å². The first-order chi connectivity index (χ1) is 16.8. The van der Waals surface area contributed by atoms with Gasteiger partial charge in [0.25, 0.3) is 0 Å². The molecule has 0 aliphatic heterocycles. The van der Waals surface area contributed by atoms with Gasteiger partial charge in [-0.15, -0.1) is 0 Å². The SMILES string of the molecule is S=c1nc(C2(c3nc(=S)[nH]c(=S)[nH]3)c3cc(Br)ccc3-c3c2cc(Br)c2ccccc32)[nH]c(=S)[nH]1. The van der Waals surface area contributed by atoms with Crippen molar-refractivity contribution in [3.05, 3.63) is 99.3 Å². The summed E-state index contributed by atoms with van der Waals surface area (Å²) in [4.78, 5) is 21.7. The average Bonchev–Trinajstić information content (AvgIpc) is 3.08. The fourth-order valence-electron chi connectivity index (χ4n) is 4.87. The summed E-state index contributed by atoms with van der Waals surface area (Å²) in [5.74, 6) is 1.01. The molecule has 0 amide bonds. The zero-order valence-electron chi connectivity index (χ0n) is 17.4. The van der Waals surface area contributed by atoms with Crippen LogP contribution in [0.1, 0.15) is 22.8 Å². The van der Waals surface area contributed by atoms with Crippen molar-refractivity contribution in [2.75, 3.05) is 0 Å². The molecule has 0 radical (unpaired) electrons. The average molecular weight is 660 g/mol. The molecule has 1 aliphatic rings. The second kappa shape index (κ2) is 8.43. The van der Waals surface area contributed by atoms with Gasteiger partial charge in [-0.1, -0.05) is 62.2 Å². The van der Waals surface area contributed by atoms with Crippen molar-refractivity contribution >= 4 is 91.5 Å². The van der Waals surface area contributed by atoms with Gasteiger partial charge in [0, 0.05) is 8.95 Å². The van der Waals surface area contributed by atoms with Crippen LogP contribution in [0.4, 0.5) is 0 Å². The van der Waals surface area contributed by atoms with E-state index in [1.807, 2.05) is 18.2 Å². The zero-order valence-corrected chi connectivity index (χ0v) is 23.8. The number of hydrogen-bond donors (Lipinski definition) is 4. The maximum Gasteiger partial charge on any atom is 0.200 e. The Morgan fingerprint density at radius 2 is 1.29 bits per heavy atom. The first-order valence-electron chi connectivity index (χ1n) is 10.2. The molecule has 6 rings (SSSR count). The van der Waals surface area contributed by atoms with E-state index in [0.717, 1.165) is 42.0 Å². The van der Waals surface area contributed by atoms with E-state index < -0.39 is 5.41 Å². The third-order valence-corrected chi connectivity index (χ3v) is 8.04. The molecule has 35 heavy (non-hydrogen) atoms. The molecule has 5 aromatic rings. The fourth-order valence-corrected chi connectivity index (χ4v) is 6.71. The highest BCUT2D eigenvalue weighted by molar-refractivity contribution is 9.11. The van der Waals surface area contributed by atoms with Crippen molar-refractivity contribution < 1.29 is 0 Å². The number of nitrogens with one attached hydrogen (secondary N) is 4. The Hall–Kier alpha value is -2.22. The molecule has 2 heterocycles. The molecule has 0 spiro atoms. The highest BCUT2D eigenvalue weighted by Gasteiger charge is 2.51. The zero-order chi connectivity index (χ0) is 24.5. The van der Waals surface area contributed by atoms with Crippen molar-refractivity contribution in [3.63, 3.8) is 0 Å². The van der Waals surface area contributed by atoms with Crippen molar-refractivity contribution in [1.82, 2.24) is 29.9 Å². The number of H-pyrrole nitrogens is 4. The molecule has 0 fully saturated rings. The van der Waals surface area contributed by atoms with Crippen LogP contribution in [-0.2, 0) is 5.41 Å². The Labute approximate surface area is 235 Å². The molecule has 0 saturated heterocycles. The van der Waals surface area contributed by atoms with Gasteiger partial charge in [0.1, 0.15) is 17.1 Å². The lowest BCUT2D eigenvalue weighted by Gasteiger charge is -2.30.